The van der Waals surface area contributed by atoms with Gasteiger partial charge in [-0.15, -0.1) is 22.0 Å². The summed E-state index contributed by atoms with van der Waals surface area (Å²) in [5.74, 6) is 0.912. The summed E-state index contributed by atoms with van der Waals surface area (Å²) >= 11 is 7.31. The molecule has 0 saturated heterocycles. The number of hydrogen-bond acceptors (Lipinski definition) is 5. The van der Waals surface area contributed by atoms with Crippen LogP contribution in [0.5, 0.6) is 0 Å². The predicted molar refractivity (Wildman–Crippen MR) is 89.9 cm³/mol. The van der Waals surface area contributed by atoms with Crippen molar-refractivity contribution >= 4 is 37.4 Å². The summed E-state index contributed by atoms with van der Waals surface area (Å²) in [4.78, 5) is 0. The molecule has 114 valence electrons. The normalized spacial score (nSPS) is 12.7. The van der Waals surface area contributed by atoms with Crippen LogP contribution in [0.25, 0.3) is 0 Å². The predicted octanol–water partition coefficient (Wildman–Crippen LogP) is 4.22. The van der Waals surface area contributed by atoms with Crippen LogP contribution in [0.3, 0.4) is 0 Å². The molecule has 2 N–H and O–H groups in total. The summed E-state index contributed by atoms with van der Waals surface area (Å²) in [5.41, 5.74) is 6.41. The minimum absolute atomic E-state index is 0.256. The van der Waals surface area contributed by atoms with Crippen LogP contribution in [0.2, 0.25) is 23.3 Å². The largest absolute Gasteiger partial charge is 0.417 e. The number of aromatic nitrogens is 2. The maximum atomic E-state index is 6.12. The van der Waals surface area contributed by atoms with Gasteiger partial charge in [0.15, 0.2) is 13.5 Å². The summed E-state index contributed by atoms with van der Waals surface area (Å²) in [5, 5.41) is 9.11. The van der Waals surface area contributed by atoms with Crippen molar-refractivity contribution in [1.29, 1.82) is 0 Å². The van der Waals surface area contributed by atoms with Crippen molar-refractivity contribution in [3.63, 3.8) is 0 Å². The number of anilines is 1. The van der Waals surface area contributed by atoms with E-state index in [1.54, 1.807) is 17.8 Å². The van der Waals surface area contributed by atoms with E-state index in [4.69, 9.17) is 21.8 Å². The van der Waals surface area contributed by atoms with Crippen LogP contribution < -0.4 is 5.73 Å². The van der Waals surface area contributed by atoms with Gasteiger partial charge in [-0.1, -0.05) is 32.4 Å². The molecule has 4 nitrogen and oxygen atoms in total. The third-order valence-corrected chi connectivity index (χ3v) is 9.36. The van der Waals surface area contributed by atoms with E-state index in [1.807, 2.05) is 0 Å². The lowest BCUT2D eigenvalue weighted by atomic mass is 10.2. The summed E-state index contributed by atoms with van der Waals surface area (Å²) in [6.07, 6.45) is 0.973. The lowest BCUT2D eigenvalue weighted by Gasteiger charge is -2.36. The van der Waals surface area contributed by atoms with E-state index in [9.17, 15) is 0 Å². The number of thioether (sulfide) groups is 1. The second kappa shape index (κ2) is 7.11. The Hall–Kier alpha value is -0.303. The van der Waals surface area contributed by atoms with Crippen molar-refractivity contribution in [1.82, 2.24) is 10.2 Å². The third-order valence-electron chi connectivity index (χ3n) is 3.55. The Labute approximate surface area is 132 Å². The smallest absolute Gasteiger partial charge is 0.191 e. The molecule has 1 rings (SSSR count). The standard InChI is InChI=1S/C13H24ClN3OSSi/c1-13(2,3)20(4,5)18-7-6-8-19-12-10(15)9-11(14)16-17-12/h9H,6-8H2,1-5H3,(H2,15,16). The van der Waals surface area contributed by atoms with Crippen LogP contribution in [-0.2, 0) is 4.43 Å². The number of rotatable bonds is 6. The van der Waals surface area contributed by atoms with Gasteiger partial charge < -0.3 is 10.2 Å². The van der Waals surface area contributed by atoms with Crippen molar-refractivity contribution in [2.45, 2.75) is 50.4 Å². The maximum Gasteiger partial charge on any atom is 0.191 e. The minimum atomic E-state index is -1.63. The van der Waals surface area contributed by atoms with E-state index in [2.05, 4.69) is 44.1 Å². The molecule has 0 radical (unpaired) electrons. The molecular weight excluding hydrogens is 310 g/mol. The molecule has 0 aliphatic heterocycles. The quantitative estimate of drug-likeness (QED) is 0.480. The fourth-order valence-corrected chi connectivity index (χ4v) is 3.28. The van der Waals surface area contributed by atoms with Gasteiger partial charge in [0.05, 0.1) is 5.69 Å². The molecular formula is C13H24ClN3OSSi. The first-order valence-electron chi connectivity index (χ1n) is 6.69. The average molecular weight is 334 g/mol. The van der Waals surface area contributed by atoms with Crippen LogP contribution in [0, 0.1) is 0 Å². The molecule has 1 aromatic heterocycles. The molecule has 0 spiro atoms. The van der Waals surface area contributed by atoms with Crippen molar-refractivity contribution < 1.29 is 4.43 Å². The second-order valence-electron chi connectivity index (χ2n) is 6.24. The minimum Gasteiger partial charge on any atom is -0.417 e. The molecule has 20 heavy (non-hydrogen) atoms. The van der Waals surface area contributed by atoms with Crippen molar-refractivity contribution in [3.8, 4) is 0 Å². The molecule has 0 bridgehead atoms. The summed E-state index contributed by atoms with van der Waals surface area (Å²) in [6, 6.07) is 1.63. The van der Waals surface area contributed by atoms with Crippen LogP contribution >= 0.6 is 23.4 Å². The van der Waals surface area contributed by atoms with Gasteiger partial charge in [-0.05, 0) is 24.6 Å². The molecule has 7 heteroatoms. The van der Waals surface area contributed by atoms with E-state index in [0.29, 0.717) is 10.8 Å². The highest BCUT2D eigenvalue weighted by Crippen LogP contribution is 2.36. The molecule has 0 fully saturated rings. The monoisotopic (exact) mass is 333 g/mol. The molecule has 0 aliphatic rings. The molecule has 1 heterocycles. The molecule has 0 saturated carbocycles. The molecule has 0 amide bonds. The van der Waals surface area contributed by atoms with E-state index in [0.717, 1.165) is 23.8 Å². The fraction of sp³-hybridized carbons (Fsp3) is 0.692. The van der Waals surface area contributed by atoms with E-state index < -0.39 is 8.32 Å². The maximum absolute atomic E-state index is 6.12. The van der Waals surface area contributed by atoms with Gasteiger partial charge >= 0.3 is 0 Å². The van der Waals surface area contributed by atoms with Gasteiger partial charge in [-0.2, -0.15) is 0 Å². The summed E-state index contributed by atoms with van der Waals surface area (Å²) in [7, 11) is -1.63. The van der Waals surface area contributed by atoms with Gasteiger partial charge in [0, 0.05) is 18.4 Å². The van der Waals surface area contributed by atoms with E-state index in [1.165, 1.54) is 0 Å². The van der Waals surface area contributed by atoms with Crippen LogP contribution in [0.15, 0.2) is 11.1 Å². The highest BCUT2D eigenvalue weighted by atomic mass is 35.5. The number of hydrogen-bond donors (Lipinski definition) is 1. The van der Waals surface area contributed by atoms with E-state index >= 15 is 0 Å². The Balaban J connectivity index is 2.32. The number of nitrogen functional groups attached to an aromatic ring is 1. The van der Waals surface area contributed by atoms with E-state index in [-0.39, 0.29) is 5.04 Å². The fourth-order valence-electron chi connectivity index (χ4n) is 1.25. The van der Waals surface area contributed by atoms with Gasteiger partial charge in [-0.25, -0.2) is 0 Å². The second-order valence-corrected chi connectivity index (χ2v) is 12.5. The third kappa shape index (κ3) is 5.24. The highest BCUT2D eigenvalue weighted by Gasteiger charge is 2.36. The van der Waals surface area contributed by atoms with Crippen LogP contribution in [0.4, 0.5) is 5.69 Å². The van der Waals surface area contributed by atoms with Crippen molar-refractivity contribution in [2.75, 3.05) is 18.1 Å². The van der Waals surface area contributed by atoms with Crippen LogP contribution in [-0.4, -0.2) is 30.9 Å². The van der Waals surface area contributed by atoms with Crippen LogP contribution in [0.1, 0.15) is 27.2 Å². The summed E-state index contributed by atoms with van der Waals surface area (Å²) in [6.45, 7) is 12.1. The lowest BCUT2D eigenvalue weighted by Crippen LogP contribution is -2.41. The number of halogens is 1. The number of nitrogens with two attached hydrogens (primary N) is 1. The lowest BCUT2D eigenvalue weighted by molar-refractivity contribution is 0.289. The molecule has 1 aromatic rings. The SMILES string of the molecule is CC(C)(C)[Si](C)(C)OCCCSc1nnc(Cl)cc1N. The molecule has 0 unspecified atom stereocenters. The van der Waals surface area contributed by atoms with Crippen molar-refractivity contribution in [3.05, 3.63) is 11.2 Å². The first kappa shape index (κ1) is 17.7. The van der Waals surface area contributed by atoms with Gasteiger partial charge in [-0.3, -0.25) is 0 Å². The highest BCUT2D eigenvalue weighted by molar-refractivity contribution is 7.99. The molecule has 0 atom stereocenters. The Morgan fingerprint density at radius 1 is 1.35 bits per heavy atom. The first-order valence-corrected chi connectivity index (χ1v) is 11.0. The molecule has 0 aromatic carbocycles. The number of nitrogens with zero attached hydrogens (tertiary/aromatic N) is 2. The zero-order chi connectivity index (χ0) is 15.4. The van der Waals surface area contributed by atoms with Gasteiger partial charge in [0.1, 0.15) is 5.03 Å². The Morgan fingerprint density at radius 2 is 2.00 bits per heavy atom. The topological polar surface area (TPSA) is 61.0 Å². The molecule has 0 aliphatic carbocycles. The van der Waals surface area contributed by atoms with Crippen molar-refractivity contribution in [2.24, 2.45) is 0 Å². The van der Waals surface area contributed by atoms with Gasteiger partial charge in [0.25, 0.3) is 0 Å². The average Bonchev–Trinajstić information content (AvgIpc) is 2.29. The Morgan fingerprint density at radius 3 is 2.55 bits per heavy atom. The first-order chi connectivity index (χ1) is 9.13. The zero-order valence-electron chi connectivity index (χ0n) is 12.9. The Kier molecular flexibility index (Phi) is 6.31. The zero-order valence-corrected chi connectivity index (χ0v) is 15.4. The van der Waals surface area contributed by atoms with Gasteiger partial charge in [0.2, 0.25) is 0 Å². The Bertz CT molecular complexity index is 452. The summed E-state index contributed by atoms with van der Waals surface area (Å²) < 4.78 is 6.12.